The highest BCUT2D eigenvalue weighted by atomic mass is 35.5. The third-order valence-electron chi connectivity index (χ3n) is 2.86. The number of hydrogen-bond donors (Lipinski definition) is 0. The van der Waals surface area contributed by atoms with E-state index in [1.807, 2.05) is 0 Å². The molecule has 1 aromatic heterocycles. The maximum Gasteiger partial charge on any atom is 0.417 e. The molecule has 2 rings (SSSR count). The molecule has 0 radical (unpaired) electrons. The fourth-order valence-corrected chi connectivity index (χ4v) is 2.22. The van der Waals surface area contributed by atoms with Gasteiger partial charge in [-0.05, 0) is 18.2 Å². The van der Waals surface area contributed by atoms with Crippen molar-refractivity contribution in [3.63, 3.8) is 0 Å². The van der Waals surface area contributed by atoms with E-state index in [2.05, 4.69) is 4.74 Å². The van der Waals surface area contributed by atoms with Crippen LogP contribution in [0.4, 0.5) is 13.2 Å². The Hall–Kier alpha value is -1.69. The summed E-state index contributed by atoms with van der Waals surface area (Å²) in [7, 11) is 2.75. The minimum absolute atomic E-state index is 0.138. The number of carbonyl (C=O) groups is 1. The fourth-order valence-electron chi connectivity index (χ4n) is 1.90. The van der Waals surface area contributed by atoms with Gasteiger partial charge < -0.3 is 9.30 Å². The van der Waals surface area contributed by atoms with Gasteiger partial charge in [-0.1, -0.05) is 11.6 Å². The Morgan fingerprint density at radius 1 is 1.37 bits per heavy atom. The average Bonchev–Trinajstić information content (AvgIpc) is 2.66. The number of alkyl halides is 3. The number of esters is 1. The predicted molar refractivity (Wildman–Crippen MR) is 64.3 cm³/mol. The second-order valence-electron chi connectivity index (χ2n) is 3.94. The average molecular weight is 292 g/mol. The quantitative estimate of drug-likeness (QED) is 0.751. The first-order chi connectivity index (χ1) is 8.77. The topological polar surface area (TPSA) is 31.2 Å². The van der Waals surface area contributed by atoms with Crippen LogP contribution in [-0.4, -0.2) is 17.6 Å². The van der Waals surface area contributed by atoms with Crippen molar-refractivity contribution in [2.24, 2.45) is 7.05 Å². The fraction of sp³-hybridized carbons (Fsp3) is 0.250. The molecule has 2 aromatic rings. The number of halogens is 4. The van der Waals surface area contributed by atoms with Crippen molar-refractivity contribution in [1.82, 2.24) is 4.57 Å². The largest absolute Gasteiger partial charge is 0.464 e. The predicted octanol–water partition coefficient (Wildman–Crippen LogP) is 3.64. The van der Waals surface area contributed by atoms with Crippen molar-refractivity contribution in [2.75, 3.05) is 7.11 Å². The molecular formula is C12H9ClF3NO2. The number of benzene rings is 1. The molecular weight excluding hydrogens is 283 g/mol. The zero-order chi connectivity index (χ0) is 14.4. The summed E-state index contributed by atoms with van der Waals surface area (Å²) in [5, 5.41) is -0.254. The lowest BCUT2D eigenvalue weighted by Gasteiger charge is -2.09. The van der Waals surface area contributed by atoms with Crippen molar-refractivity contribution >= 4 is 28.5 Å². The van der Waals surface area contributed by atoms with Crippen LogP contribution in [0.15, 0.2) is 18.2 Å². The highest BCUT2D eigenvalue weighted by molar-refractivity contribution is 6.36. The van der Waals surface area contributed by atoms with Crippen molar-refractivity contribution in [1.29, 1.82) is 0 Å². The van der Waals surface area contributed by atoms with E-state index in [0.717, 1.165) is 6.07 Å². The smallest absolute Gasteiger partial charge is 0.417 e. The molecule has 0 saturated carbocycles. The van der Waals surface area contributed by atoms with Crippen molar-refractivity contribution in [2.45, 2.75) is 6.18 Å². The standard InChI is InChI=1S/C12H9ClF3NO2/c1-17-8-4-3-7(12(14,15)16)10(13)6(8)5-9(17)11(18)19-2/h3-5H,1-2H3. The Morgan fingerprint density at radius 2 is 2.00 bits per heavy atom. The zero-order valence-corrected chi connectivity index (χ0v) is 10.8. The Balaban J connectivity index is 2.75. The first-order valence-electron chi connectivity index (χ1n) is 5.20. The van der Waals surface area contributed by atoms with Crippen LogP contribution in [0.5, 0.6) is 0 Å². The number of aryl methyl sites for hydroxylation is 1. The lowest BCUT2D eigenvalue weighted by atomic mass is 10.1. The van der Waals surface area contributed by atoms with E-state index in [9.17, 15) is 18.0 Å². The molecule has 0 fully saturated rings. The third-order valence-corrected chi connectivity index (χ3v) is 3.27. The summed E-state index contributed by atoms with van der Waals surface area (Å²) in [6.45, 7) is 0. The van der Waals surface area contributed by atoms with Crippen molar-refractivity contribution in [3.8, 4) is 0 Å². The van der Waals surface area contributed by atoms with Crippen LogP contribution >= 0.6 is 11.6 Å². The number of fused-ring (bicyclic) bond motifs is 1. The Kier molecular flexibility index (Phi) is 3.22. The summed E-state index contributed by atoms with van der Waals surface area (Å²) in [5.41, 5.74) is -0.360. The third kappa shape index (κ3) is 2.16. The number of rotatable bonds is 1. The molecule has 0 saturated heterocycles. The van der Waals surface area contributed by atoms with E-state index in [-0.39, 0.29) is 11.1 Å². The summed E-state index contributed by atoms with van der Waals surface area (Å²) < 4.78 is 44.2. The molecule has 7 heteroatoms. The molecule has 3 nitrogen and oxygen atoms in total. The van der Waals surface area contributed by atoms with Gasteiger partial charge in [0.15, 0.2) is 0 Å². The van der Waals surface area contributed by atoms with Crippen LogP contribution in [-0.2, 0) is 18.0 Å². The second kappa shape index (κ2) is 4.45. The summed E-state index contributed by atoms with van der Waals surface area (Å²) >= 11 is 5.77. The minimum atomic E-state index is -4.54. The molecule has 1 aromatic carbocycles. The van der Waals surface area contributed by atoms with Crippen LogP contribution in [0.1, 0.15) is 16.1 Å². The molecule has 0 aliphatic rings. The van der Waals surface area contributed by atoms with Crippen LogP contribution in [0.2, 0.25) is 5.02 Å². The molecule has 102 valence electrons. The molecule has 0 bridgehead atoms. The van der Waals surface area contributed by atoms with Gasteiger partial charge in [0.25, 0.3) is 0 Å². The molecule has 0 aliphatic carbocycles. The lowest BCUT2D eigenvalue weighted by Crippen LogP contribution is -2.07. The van der Waals surface area contributed by atoms with E-state index in [0.29, 0.717) is 5.52 Å². The molecule has 0 unspecified atom stereocenters. The first-order valence-corrected chi connectivity index (χ1v) is 5.58. The van der Waals surface area contributed by atoms with Gasteiger partial charge >= 0.3 is 12.1 Å². The monoisotopic (exact) mass is 291 g/mol. The van der Waals surface area contributed by atoms with E-state index in [1.165, 1.54) is 23.8 Å². The van der Waals surface area contributed by atoms with Gasteiger partial charge in [-0.15, -0.1) is 0 Å². The van der Waals surface area contributed by atoms with E-state index in [1.54, 1.807) is 7.05 Å². The number of methoxy groups -OCH3 is 1. The SMILES string of the molecule is COC(=O)c1cc2c(Cl)c(C(F)(F)F)ccc2n1C. The van der Waals surface area contributed by atoms with Crippen LogP contribution in [0.25, 0.3) is 10.9 Å². The second-order valence-corrected chi connectivity index (χ2v) is 4.32. The van der Waals surface area contributed by atoms with E-state index >= 15 is 0 Å². The van der Waals surface area contributed by atoms with Gasteiger partial charge in [-0.25, -0.2) is 4.79 Å². The molecule has 0 spiro atoms. The van der Waals surface area contributed by atoms with Gasteiger partial charge in [0, 0.05) is 18.0 Å². The number of carbonyl (C=O) groups excluding carboxylic acids is 1. The number of hydrogen-bond acceptors (Lipinski definition) is 2. The van der Waals surface area contributed by atoms with Crippen LogP contribution in [0.3, 0.4) is 0 Å². The lowest BCUT2D eigenvalue weighted by molar-refractivity contribution is -0.137. The van der Waals surface area contributed by atoms with E-state index in [4.69, 9.17) is 11.6 Å². The van der Waals surface area contributed by atoms with Crippen LogP contribution < -0.4 is 0 Å². The highest BCUT2D eigenvalue weighted by Gasteiger charge is 2.34. The highest BCUT2D eigenvalue weighted by Crippen LogP contribution is 2.39. The maximum atomic E-state index is 12.7. The number of ether oxygens (including phenoxy) is 1. The van der Waals surface area contributed by atoms with Gasteiger partial charge in [0.05, 0.1) is 17.7 Å². The summed E-state index contributed by atoms with van der Waals surface area (Å²) in [5.74, 6) is -0.636. The molecule has 0 N–H and O–H groups in total. The number of aromatic nitrogens is 1. The van der Waals surface area contributed by atoms with Crippen LogP contribution in [0, 0.1) is 0 Å². The van der Waals surface area contributed by atoms with Gasteiger partial charge in [-0.3, -0.25) is 0 Å². The molecule has 0 atom stereocenters. The summed E-state index contributed by atoms with van der Waals surface area (Å²) in [4.78, 5) is 11.5. The van der Waals surface area contributed by atoms with Gasteiger partial charge in [-0.2, -0.15) is 13.2 Å². The van der Waals surface area contributed by atoms with Crippen molar-refractivity contribution in [3.05, 3.63) is 34.5 Å². The first kappa shape index (κ1) is 13.7. The number of nitrogens with zero attached hydrogens (tertiary/aromatic N) is 1. The van der Waals surface area contributed by atoms with Gasteiger partial charge in [0.2, 0.25) is 0 Å². The minimum Gasteiger partial charge on any atom is -0.464 e. The Labute approximate surface area is 111 Å². The van der Waals surface area contributed by atoms with Gasteiger partial charge in [0.1, 0.15) is 5.69 Å². The summed E-state index contributed by atoms with van der Waals surface area (Å²) in [6.07, 6.45) is -4.54. The summed E-state index contributed by atoms with van der Waals surface area (Å²) in [6, 6.07) is 3.46. The molecule has 19 heavy (non-hydrogen) atoms. The molecule has 1 heterocycles. The Morgan fingerprint density at radius 3 is 2.53 bits per heavy atom. The maximum absolute atomic E-state index is 12.7. The molecule has 0 amide bonds. The van der Waals surface area contributed by atoms with Crippen molar-refractivity contribution < 1.29 is 22.7 Å². The zero-order valence-electron chi connectivity index (χ0n) is 10.0. The normalized spacial score (nSPS) is 11.9. The molecule has 0 aliphatic heterocycles. The van der Waals surface area contributed by atoms with E-state index < -0.39 is 22.7 Å². The Bertz CT molecular complexity index is 661.